The van der Waals surface area contributed by atoms with Crippen LogP contribution in [0.3, 0.4) is 0 Å². The minimum Gasteiger partial charge on any atom is -0.140 e. The molecule has 0 saturated heterocycles. The van der Waals surface area contributed by atoms with Crippen LogP contribution in [0.15, 0.2) is 30.3 Å². The number of hydrogen-bond acceptors (Lipinski definition) is 1. The van der Waals surface area contributed by atoms with Gasteiger partial charge in [0.1, 0.15) is 0 Å². The molecule has 0 bridgehead atoms. The van der Waals surface area contributed by atoms with Crippen molar-refractivity contribution in [1.82, 2.24) is 0 Å². The van der Waals surface area contributed by atoms with Crippen LogP contribution < -0.4 is 0 Å². The summed E-state index contributed by atoms with van der Waals surface area (Å²) < 4.78 is 0. The molecule has 84 valence electrons. The van der Waals surface area contributed by atoms with Gasteiger partial charge in [0.15, 0.2) is 0 Å². The maximum absolute atomic E-state index is 5.96. The summed E-state index contributed by atoms with van der Waals surface area (Å²) in [6, 6.07) is 10.5. The number of benzene rings is 1. The molecular formula is C14H15ClS. The van der Waals surface area contributed by atoms with Crippen LogP contribution in [0, 0.1) is 6.92 Å². The number of aryl methyl sites for hydroxylation is 1. The van der Waals surface area contributed by atoms with E-state index in [-0.39, 0.29) is 0 Å². The summed E-state index contributed by atoms with van der Waals surface area (Å²) in [7, 11) is 0. The zero-order valence-corrected chi connectivity index (χ0v) is 11.3. The van der Waals surface area contributed by atoms with E-state index in [2.05, 4.69) is 39.0 Å². The number of hydrogen-bond donors (Lipinski definition) is 0. The van der Waals surface area contributed by atoms with Crippen molar-refractivity contribution in [2.45, 2.75) is 26.7 Å². The maximum Gasteiger partial charge on any atom is 0.0409 e. The molecule has 1 aromatic heterocycles. The highest BCUT2D eigenvalue weighted by molar-refractivity contribution is 7.15. The van der Waals surface area contributed by atoms with Crippen molar-refractivity contribution >= 4 is 22.9 Å². The van der Waals surface area contributed by atoms with E-state index in [1.807, 2.05) is 23.5 Å². The molecule has 2 rings (SSSR count). The first-order valence-corrected chi connectivity index (χ1v) is 6.63. The van der Waals surface area contributed by atoms with Crippen molar-refractivity contribution in [1.29, 1.82) is 0 Å². The van der Waals surface area contributed by atoms with Gasteiger partial charge in [-0.3, -0.25) is 0 Å². The molecule has 2 aromatic rings. The second-order valence-electron chi connectivity index (χ2n) is 4.32. The van der Waals surface area contributed by atoms with Gasteiger partial charge in [-0.2, -0.15) is 0 Å². The molecular weight excluding hydrogens is 236 g/mol. The SMILES string of the molecule is Cc1cc(Cl)ccc1-c1ccc(C(C)C)s1. The van der Waals surface area contributed by atoms with E-state index in [0.29, 0.717) is 5.92 Å². The number of rotatable bonds is 2. The largest absolute Gasteiger partial charge is 0.140 e. The average Bonchev–Trinajstić information content (AvgIpc) is 2.66. The number of thiophene rings is 1. The third-order valence-corrected chi connectivity index (χ3v) is 4.30. The van der Waals surface area contributed by atoms with Crippen molar-refractivity contribution < 1.29 is 0 Å². The molecule has 0 saturated carbocycles. The molecule has 0 aliphatic heterocycles. The van der Waals surface area contributed by atoms with Gasteiger partial charge < -0.3 is 0 Å². The van der Waals surface area contributed by atoms with Crippen LogP contribution in [-0.2, 0) is 0 Å². The van der Waals surface area contributed by atoms with Crippen LogP contribution >= 0.6 is 22.9 Å². The van der Waals surface area contributed by atoms with Crippen LogP contribution in [0.4, 0.5) is 0 Å². The Kier molecular flexibility index (Phi) is 3.36. The van der Waals surface area contributed by atoms with Gasteiger partial charge in [-0.05, 0) is 48.2 Å². The van der Waals surface area contributed by atoms with E-state index in [1.54, 1.807) is 0 Å². The molecule has 0 N–H and O–H groups in total. The van der Waals surface area contributed by atoms with Gasteiger partial charge in [-0.25, -0.2) is 0 Å². The lowest BCUT2D eigenvalue weighted by Crippen LogP contribution is -1.79. The van der Waals surface area contributed by atoms with Gasteiger partial charge in [0.2, 0.25) is 0 Å². The van der Waals surface area contributed by atoms with Gasteiger partial charge >= 0.3 is 0 Å². The van der Waals surface area contributed by atoms with Crippen LogP contribution in [0.1, 0.15) is 30.2 Å². The molecule has 0 aliphatic rings. The van der Waals surface area contributed by atoms with Crippen LogP contribution in [-0.4, -0.2) is 0 Å². The summed E-state index contributed by atoms with van der Waals surface area (Å²) in [6.45, 7) is 6.56. The standard InChI is InChI=1S/C14H15ClS/c1-9(2)13-6-7-14(16-13)12-5-4-11(15)8-10(12)3/h4-9H,1-3H3. The van der Waals surface area contributed by atoms with Crippen LogP contribution in [0.25, 0.3) is 10.4 Å². The lowest BCUT2D eigenvalue weighted by atomic mass is 10.1. The van der Waals surface area contributed by atoms with E-state index < -0.39 is 0 Å². The third-order valence-electron chi connectivity index (χ3n) is 2.65. The van der Waals surface area contributed by atoms with Crippen molar-refractivity contribution in [3.8, 4) is 10.4 Å². The molecule has 1 aromatic carbocycles. The Hall–Kier alpha value is -0.790. The molecule has 2 heteroatoms. The topological polar surface area (TPSA) is 0 Å². The maximum atomic E-state index is 5.96. The molecule has 0 fully saturated rings. The molecule has 0 aliphatic carbocycles. The minimum atomic E-state index is 0.603. The van der Waals surface area contributed by atoms with E-state index in [9.17, 15) is 0 Å². The predicted molar refractivity (Wildman–Crippen MR) is 73.6 cm³/mol. The Balaban J connectivity index is 2.42. The highest BCUT2D eigenvalue weighted by atomic mass is 35.5. The van der Waals surface area contributed by atoms with Crippen LogP contribution in [0.2, 0.25) is 5.02 Å². The van der Waals surface area contributed by atoms with E-state index in [0.717, 1.165) is 5.02 Å². The van der Waals surface area contributed by atoms with Gasteiger partial charge in [-0.1, -0.05) is 31.5 Å². The summed E-state index contributed by atoms with van der Waals surface area (Å²) in [6.07, 6.45) is 0. The zero-order valence-electron chi connectivity index (χ0n) is 9.75. The first-order chi connectivity index (χ1) is 7.58. The first kappa shape index (κ1) is 11.7. The molecule has 0 spiro atoms. The predicted octanol–water partition coefficient (Wildman–Crippen LogP) is 5.50. The smallest absolute Gasteiger partial charge is 0.0409 e. The van der Waals surface area contributed by atoms with Crippen molar-refractivity contribution in [3.63, 3.8) is 0 Å². The summed E-state index contributed by atoms with van der Waals surface area (Å²) in [4.78, 5) is 2.77. The van der Waals surface area contributed by atoms with Gasteiger partial charge in [-0.15, -0.1) is 11.3 Å². The Bertz CT molecular complexity index is 497. The fourth-order valence-corrected chi connectivity index (χ4v) is 3.04. The zero-order chi connectivity index (χ0) is 11.7. The summed E-state index contributed by atoms with van der Waals surface area (Å²) in [5.74, 6) is 0.603. The Morgan fingerprint density at radius 2 is 1.88 bits per heavy atom. The lowest BCUT2D eigenvalue weighted by Gasteiger charge is -2.03. The summed E-state index contributed by atoms with van der Waals surface area (Å²) in [5, 5.41) is 0.807. The van der Waals surface area contributed by atoms with E-state index in [1.165, 1.54) is 20.9 Å². The van der Waals surface area contributed by atoms with Crippen LogP contribution in [0.5, 0.6) is 0 Å². The monoisotopic (exact) mass is 250 g/mol. The van der Waals surface area contributed by atoms with E-state index in [4.69, 9.17) is 11.6 Å². The average molecular weight is 251 g/mol. The second-order valence-corrected chi connectivity index (χ2v) is 5.87. The Labute approximate surface area is 106 Å². The Morgan fingerprint density at radius 3 is 2.44 bits per heavy atom. The molecule has 0 unspecified atom stereocenters. The normalized spacial score (nSPS) is 11.1. The van der Waals surface area contributed by atoms with Gasteiger partial charge in [0.25, 0.3) is 0 Å². The highest BCUT2D eigenvalue weighted by Crippen LogP contribution is 2.34. The lowest BCUT2D eigenvalue weighted by molar-refractivity contribution is 0.890. The minimum absolute atomic E-state index is 0.603. The van der Waals surface area contributed by atoms with Gasteiger partial charge in [0, 0.05) is 14.8 Å². The first-order valence-electron chi connectivity index (χ1n) is 5.44. The molecule has 16 heavy (non-hydrogen) atoms. The van der Waals surface area contributed by atoms with E-state index >= 15 is 0 Å². The molecule has 0 amide bonds. The van der Waals surface area contributed by atoms with Crippen molar-refractivity contribution in [3.05, 3.63) is 45.8 Å². The van der Waals surface area contributed by atoms with Gasteiger partial charge in [0.05, 0.1) is 0 Å². The van der Waals surface area contributed by atoms with Crippen molar-refractivity contribution in [2.24, 2.45) is 0 Å². The fraction of sp³-hybridized carbons (Fsp3) is 0.286. The second kappa shape index (κ2) is 4.60. The third kappa shape index (κ3) is 2.31. The number of halogens is 1. The summed E-state index contributed by atoms with van der Waals surface area (Å²) >= 11 is 7.83. The van der Waals surface area contributed by atoms with Crippen molar-refractivity contribution in [2.75, 3.05) is 0 Å². The molecule has 0 nitrogen and oxygen atoms in total. The Morgan fingerprint density at radius 1 is 1.12 bits per heavy atom. The molecule has 0 radical (unpaired) electrons. The summed E-state index contributed by atoms with van der Waals surface area (Å²) in [5.41, 5.74) is 2.53. The highest BCUT2D eigenvalue weighted by Gasteiger charge is 2.07. The fourth-order valence-electron chi connectivity index (χ4n) is 1.71. The molecule has 1 heterocycles. The molecule has 0 atom stereocenters. The quantitative estimate of drug-likeness (QED) is 0.660.